The molecule has 0 spiro atoms. The highest BCUT2D eigenvalue weighted by molar-refractivity contribution is 5.96. The fourth-order valence-electron chi connectivity index (χ4n) is 4.61. The molecular weight excluding hydrogens is 571 g/mol. The summed E-state index contributed by atoms with van der Waals surface area (Å²) in [6.07, 6.45) is -11.9. The predicted molar refractivity (Wildman–Crippen MR) is 139 cm³/mol. The van der Waals surface area contributed by atoms with Crippen LogP contribution in [0.15, 0.2) is 72.8 Å². The Morgan fingerprint density at radius 2 is 1.38 bits per heavy atom. The fourth-order valence-corrected chi connectivity index (χ4v) is 4.61. The Morgan fingerprint density at radius 1 is 0.786 bits per heavy atom. The van der Waals surface area contributed by atoms with Crippen LogP contribution in [0.4, 0.5) is 36.4 Å². The van der Waals surface area contributed by atoms with Crippen LogP contribution >= 0.6 is 0 Å². The van der Waals surface area contributed by atoms with E-state index < -0.39 is 41.1 Å². The molecule has 1 saturated heterocycles. The maximum atomic E-state index is 14.7. The lowest BCUT2D eigenvalue weighted by Gasteiger charge is -2.35. The van der Waals surface area contributed by atoms with Crippen LogP contribution in [0.1, 0.15) is 27.0 Å². The summed E-state index contributed by atoms with van der Waals surface area (Å²) in [6.45, 7) is 1.37. The SMILES string of the molecule is O=C(Cc1ccccc1)Nc1ccc(C(=O)N2CCN(Cc3ccc(C(O)(C(F)(F)F)C(F)(F)F)cc3)CC2)cc1F. The lowest BCUT2D eigenvalue weighted by Crippen LogP contribution is -2.53. The summed E-state index contributed by atoms with van der Waals surface area (Å²) in [6, 6.07) is 16.0. The molecule has 2 N–H and O–H groups in total. The van der Waals surface area contributed by atoms with E-state index in [1.165, 1.54) is 17.0 Å². The maximum absolute atomic E-state index is 14.7. The summed E-state index contributed by atoms with van der Waals surface area (Å²) in [7, 11) is 0. The number of carbonyl (C=O) groups excluding carboxylic acids is 2. The average molecular weight is 598 g/mol. The second-order valence-electron chi connectivity index (χ2n) is 9.88. The van der Waals surface area contributed by atoms with Crippen molar-refractivity contribution in [1.29, 1.82) is 0 Å². The average Bonchev–Trinajstić information content (AvgIpc) is 2.93. The minimum Gasteiger partial charge on any atom is -0.369 e. The fraction of sp³-hybridized carbons (Fsp3) is 0.310. The van der Waals surface area contributed by atoms with Gasteiger partial charge < -0.3 is 15.3 Å². The van der Waals surface area contributed by atoms with Crippen molar-refractivity contribution in [2.75, 3.05) is 31.5 Å². The molecule has 0 atom stereocenters. The molecular formula is C29H26F7N3O3. The van der Waals surface area contributed by atoms with Crippen molar-refractivity contribution >= 4 is 17.5 Å². The highest BCUT2D eigenvalue weighted by Gasteiger charge is 2.71. The molecule has 0 aromatic heterocycles. The summed E-state index contributed by atoms with van der Waals surface area (Å²) < 4.78 is 93.3. The number of hydrogen-bond acceptors (Lipinski definition) is 4. The first-order valence-corrected chi connectivity index (χ1v) is 12.8. The number of anilines is 1. The highest BCUT2D eigenvalue weighted by atomic mass is 19.4. The van der Waals surface area contributed by atoms with Gasteiger partial charge in [-0.15, -0.1) is 0 Å². The van der Waals surface area contributed by atoms with Gasteiger partial charge in [-0.2, -0.15) is 26.3 Å². The van der Waals surface area contributed by atoms with Gasteiger partial charge in [0.15, 0.2) is 0 Å². The van der Waals surface area contributed by atoms with Crippen LogP contribution in [-0.2, 0) is 23.4 Å². The van der Waals surface area contributed by atoms with Gasteiger partial charge in [-0.3, -0.25) is 14.5 Å². The van der Waals surface area contributed by atoms with Crippen LogP contribution in [-0.4, -0.2) is 65.3 Å². The molecule has 0 unspecified atom stereocenters. The van der Waals surface area contributed by atoms with Crippen LogP contribution in [0.5, 0.6) is 0 Å². The van der Waals surface area contributed by atoms with Crippen molar-refractivity contribution in [2.45, 2.75) is 30.9 Å². The summed E-state index contributed by atoms with van der Waals surface area (Å²) >= 11 is 0. The zero-order valence-electron chi connectivity index (χ0n) is 22.0. The number of piperazine rings is 1. The number of nitrogens with one attached hydrogen (secondary N) is 1. The molecule has 0 radical (unpaired) electrons. The number of amides is 2. The molecule has 0 bridgehead atoms. The number of carbonyl (C=O) groups is 2. The van der Waals surface area contributed by atoms with Crippen molar-refractivity contribution in [3.05, 3.63) is 101 Å². The first-order valence-electron chi connectivity index (χ1n) is 12.8. The van der Waals surface area contributed by atoms with E-state index in [1.54, 1.807) is 24.3 Å². The minimum absolute atomic E-state index is 0.0543. The molecule has 1 aliphatic rings. The second-order valence-corrected chi connectivity index (χ2v) is 9.88. The highest BCUT2D eigenvalue weighted by Crippen LogP contribution is 2.50. The van der Waals surface area contributed by atoms with E-state index in [1.807, 2.05) is 11.0 Å². The van der Waals surface area contributed by atoms with Crippen molar-refractivity contribution in [2.24, 2.45) is 0 Å². The zero-order valence-corrected chi connectivity index (χ0v) is 22.0. The summed E-state index contributed by atoms with van der Waals surface area (Å²) in [5.74, 6) is -1.62. The van der Waals surface area contributed by atoms with Crippen molar-refractivity contribution < 1.29 is 45.4 Å². The van der Waals surface area contributed by atoms with Crippen molar-refractivity contribution in [1.82, 2.24) is 9.80 Å². The van der Waals surface area contributed by atoms with Gasteiger partial charge in [0.05, 0.1) is 12.1 Å². The first kappa shape index (κ1) is 31.0. The third-order valence-electron chi connectivity index (χ3n) is 6.96. The third-order valence-corrected chi connectivity index (χ3v) is 6.96. The van der Waals surface area contributed by atoms with Gasteiger partial charge in [0.25, 0.3) is 11.5 Å². The first-order chi connectivity index (χ1) is 19.7. The van der Waals surface area contributed by atoms with Gasteiger partial charge in [0, 0.05) is 43.9 Å². The van der Waals surface area contributed by atoms with Gasteiger partial charge in [-0.1, -0.05) is 54.6 Å². The molecule has 224 valence electrons. The quantitative estimate of drug-likeness (QED) is 0.364. The van der Waals surface area contributed by atoms with Gasteiger partial charge >= 0.3 is 12.4 Å². The molecule has 4 rings (SSSR count). The van der Waals surface area contributed by atoms with Gasteiger partial charge in [-0.25, -0.2) is 4.39 Å². The number of benzene rings is 3. The van der Waals surface area contributed by atoms with Crippen LogP contribution < -0.4 is 5.32 Å². The van der Waals surface area contributed by atoms with Crippen LogP contribution in [0.3, 0.4) is 0 Å². The Bertz CT molecular complexity index is 1390. The molecule has 0 aliphatic carbocycles. The molecule has 1 aliphatic heterocycles. The molecule has 1 heterocycles. The zero-order chi connectivity index (χ0) is 30.7. The Morgan fingerprint density at radius 3 is 1.93 bits per heavy atom. The molecule has 1 fully saturated rings. The van der Waals surface area contributed by atoms with Gasteiger partial charge in [0.1, 0.15) is 5.82 Å². The minimum atomic E-state index is -5.96. The monoisotopic (exact) mass is 597 g/mol. The summed E-state index contributed by atoms with van der Waals surface area (Å²) in [4.78, 5) is 28.5. The third kappa shape index (κ3) is 6.73. The van der Waals surface area contributed by atoms with Gasteiger partial charge in [-0.05, 0) is 29.3 Å². The van der Waals surface area contributed by atoms with Crippen LogP contribution in [0.2, 0.25) is 0 Å². The Balaban J connectivity index is 1.32. The number of aliphatic hydroxyl groups is 1. The number of halogens is 7. The van der Waals surface area contributed by atoms with E-state index in [0.717, 1.165) is 23.8 Å². The van der Waals surface area contributed by atoms with Crippen LogP contribution in [0, 0.1) is 5.82 Å². The lowest BCUT2D eigenvalue weighted by atomic mass is 9.91. The van der Waals surface area contributed by atoms with E-state index in [0.29, 0.717) is 30.8 Å². The van der Waals surface area contributed by atoms with E-state index in [9.17, 15) is 45.4 Å². The number of nitrogens with zero attached hydrogens (tertiary/aromatic N) is 2. The maximum Gasteiger partial charge on any atom is 0.430 e. The summed E-state index contributed by atoms with van der Waals surface area (Å²) in [5.41, 5.74) is -5.14. The smallest absolute Gasteiger partial charge is 0.369 e. The summed E-state index contributed by atoms with van der Waals surface area (Å²) in [5, 5.41) is 12.0. The normalized spacial score (nSPS) is 15.0. The van der Waals surface area contributed by atoms with Crippen LogP contribution in [0.25, 0.3) is 0 Å². The number of hydrogen-bond donors (Lipinski definition) is 2. The second kappa shape index (κ2) is 12.1. The van der Waals surface area contributed by atoms with E-state index in [4.69, 9.17) is 0 Å². The lowest BCUT2D eigenvalue weighted by molar-refractivity contribution is -0.376. The molecule has 3 aromatic carbocycles. The Labute approximate surface area is 236 Å². The topological polar surface area (TPSA) is 72.9 Å². The van der Waals surface area contributed by atoms with E-state index in [2.05, 4.69) is 5.32 Å². The molecule has 42 heavy (non-hydrogen) atoms. The molecule has 3 aromatic rings. The van der Waals surface area contributed by atoms with Crippen molar-refractivity contribution in [3.63, 3.8) is 0 Å². The predicted octanol–water partition coefficient (Wildman–Crippen LogP) is 5.28. The van der Waals surface area contributed by atoms with Gasteiger partial charge in [0.2, 0.25) is 5.91 Å². The van der Waals surface area contributed by atoms with E-state index in [-0.39, 0.29) is 37.3 Å². The Hall–Kier alpha value is -3.97. The molecule has 2 amide bonds. The van der Waals surface area contributed by atoms with Crippen molar-refractivity contribution in [3.8, 4) is 0 Å². The number of alkyl halides is 6. The standard InChI is InChI=1S/C29H26F7N3O3/c30-23-17-21(8-11-24(23)37-25(40)16-19-4-2-1-3-5-19)26(41)39-14-12-38(13-15-39)18-20-6-9-22(10-7-20)27(42,28(31,32)33)29(34,35)36/h1-11,17,42H,12-16,18H2,(H,37,40). The Kier molecular flexibility index (Phi) is 8.92. The number of rotatable bonds is 7. The molecule has 6 nitrogen and oxygen atoms in total. The van der Waals surface area contributed by atoms with E-state index >= 15 is 0 Å². The molecule has 13 heteroatoms. The largest absolute Gasteiger partial charge is 0.430 e. The molecule has 0 saturated carbocycles.